The van der Waals surface area contributed by atoms with Crippen LogP contribution in [0.4, 0.5) is 0 Å². The molecule has 2 bridgehead atoms. The Morgan fingerprint density at radius 2 is 2.05 bits per heavy atom. The van der Waals surface area contributed by atoms with Gasteiger partial charge in [0.15, 0.2) is 11.5 Å². The number of ether oxygens (including phenoxy) is 2. The molecule has 7 rings (SSSR count). The minimum atomic E-state index is -0.942. The van der Waals surface area contributed by atoms with E-state index in [2.05, 4.69) is 7.05 Å². The molecule has 3 fully saturated rings. The van der Waals surface area contributed by atoms with Gasteiger partial charge in [0.1, 0.15) is 23.5 Å². The van der Waals surface area contributed by atoms with E-state index in [-0.39, 0.29) is 23.7 Å². The number of phenolic OH excluding ortho intramolecular Hbond substituents is 1. The van der Waals surface area contributed by atoms with E-state index in [9.17, 15) is 15.0 Å². The number of piperidine rings is 1. The van der Waals surface area contributed by atoms with Gasteiger partial charge in [-0.05, 0) is 61.1 Å². The van der Waals surface area contributed by atoms with Crippen molar-refractivity contribution in [1.29, 1.82) is 0 Å². The van der Waals surface area contributed by atoms with Gasteiger partial charge in [0.05, 0.1) is 38.7 Å². The molecule has 206 valence electrons. The van der Waals surface area contributed by atoms with Gasteiger partial charge >= 0.3 is 0 Å². The maximum absolute atomic E-state index is 13.5. The molecule has 2 heterocycles. The summed E-state index contributed by atoms with van der Waals surface area (Å²) in [5.41, 5.74) is 1.51. The van der Waals surface area contributed by atoms with E-state index in [1.165, 1.54) is 18.4 Å². The average molecular weight is 532 g/mol. The minimum absolute atomic E-state index is 0.0795. The van der Waals surface area contributed by atoms with E-state index < -0.39 is 17.1 Å². The Morgan fingerprint density at radius 1 is 1.23 bits per heavy atom. The van der Waals surface area contributed by atoms with Crippen LogP contribution in [-0.4, -0.2) is 83.6 Å². The van der Waals surface area contributed by atoms with Gasteiger partial charge in [-0.25, -0.2) is 0 Å². The van der Waals surface area contributed by atoms with Gasteiger partial charge in [-0.15, -0.1) is 0 Å². The second-order valence-corrected chi connectivity index (χ2v) is 12.8. The second-order valence-electron chi connectivity index (χ2n) is 12.8. The number of aromatic hydroxyl groups is 1. The lowest BCUT2D eigenvalue weighted by Gasteiger charge is -2.66. The smallest absolute Gasteiger partial charge is 0.246 e. The number of likely N-dealkylation sites (N-methyl/N-ethyl adjacent to an activating group) is 2. The van der Waals surface area contributed by atoms with Crippen LogP contribution in [0, 0.1) is 5.92 Å². The molecule has 2 aromatic carbocycles. The summed E-state index contributed by atoms with van der Waals surface area (Å²) >= 11 is 0. The molecule has 6 atom stereocenters. The SMILES string of the molecule is COc1cccc(C=CC(=O)N(C)[C@@H]2CC[C@@]3(O)[C@H]4Cc5ccc(O)c6c5[C@@]3(CC[N+]4(C)CC3CC3)[C@H]2O6)c1. The Balaban J connectivity index is 1.25. The maximum Gasteiger partial charge on any atom is 0.246 e. The normalized spacial score (nSPS) is 35.8. The first-order valence-electron chi connectivity index (χ1n) is 14.4. The highest BCUT2D eigenvalue weighted by atomic mass is 16.5. The molecule has 1 amide bonds. The summed E-state index contributed by atoms with van der Waals surface area (Å²) in [6.07, 6.45) is 8.45. The number of hydrogen-bond acceptors (Lipinski definition) is 5. The summed E-state index contributed by atoms with van der Waals surface area (Å²) in [5.74, 6) is 2.05. The first kappa shape index (κ1) is 25.0. The zero-order valence-electron chi connectivity index (χ0n) is 23.1. The van der Waals surface area contributed by atoms with Crippen molar-refractivity contribution in [2.24, 2.45) is 5.92 Å². The molecule has 1 spiro atoms. The van der Waals surface area contributed by atoms with Crippen molar-refractivity contribution in [3.05, 3.63) is 59.2 Å². The van der Waals surface area contributed by atoms with Crippen LogP contribution < -0.4 is 9.47 Å². The topological polar surface area (TPSA) is 79.2 Å². The number of likely N-dealkylation sites (tertiary alicyclic amines) is 1. The number of aliphatic hydroxyl groups is 1. The standard InChI is InChI=1S/C32H38N2O5/c1-33(27(36)12-9-20-5-4-6-23(17-20)38-3)24-13-14-32(37)26-18-22-10-11-25(35)29-28(22)31(32,30(24)39-29)15-16-34(26,2)19-21-7-8-21/h4-6,9-12,17,21,24,26,30,37H,7-8,13-16,18-19H2,1-3H3/p+1/t24-,26-,30+,31+,32-,34?/m1/s1. The highest BCUT2D eigenvalue weighted by Crippen LogP contribution is 2.66. The van der Waals surface area contributed by atoms with Gasteiger partial charge in [-0.2, -0.15) is 0 Å². The molecule has 7 heteroatoms. The first-order valence-corrected chi connectivity index (χ1v) is 14.4. The third-order valence-corrected chi connectivity index (χ3v) is 10.8. The Morgan fingerprint density at radius 3 is 2.82 bits per heavy atom. The molecule has 7 nitrogen and oxygen atoms in total. The van der Waals surface area contributed by atoms with Crippen molar-refractivity contribution in [1.82, 2.24) is 4.90 Å². The van der Waals surface area contributed by atoms with E-state index >= 15 is 0 Å². The lowest BCUT2D eigenvalue weighted by atomic mass is 9.47. The second kappa shape index (κ2) is 8.48. The van der Waals surface area contributed by atoms with Gasteiger partial charge in [-0.3, -0.25) is 4.79 Å². The van der Waals surface area contributed by atoms with E-state index in [4.69, 9.17) is 9.47 Å². The molecule has 2 aromatic rings. The molecule has 1 saturated heterocycles. The van der Waals surface area contributed by atoms with Crippen molar-refractivity contribution in [2.45, 2.75) is 67.7 Å². The summed E-state index contributed by atoms with van der Waals surface area (Å²) in [6, 6.07) is 11.3. The average Bonchev–Trinajstić information content (AvgIpc) is 3.66. The monoisotopic (exact) mass is 531 g/mol. The minimum Gasteiger partial charge on any atom is -0.504 e. The number of benzene rings is 2. The largest absolute Gasteiger partial charge is 0.504 e. The summed E-state index contributed by atoms with van der Waals surface area (Å²) in [4.78, 5) is 15.3. The van der Waals surface area contributed by atoms with Crippen LogP contribution in [0.25, 0.3) is 6.08 Å². The highest BCUT2D eigenvalue weighted by molar-refractivity contribution is 5.92. The quantitative estimate of drug-likeness (QED) is 0.440. The van der Waals surface area contributed by atoms with Crippen LogP contribution in [0.15, 0.2) is 42.5 Å². The lowest BCUT2D eigenvalue weighted by Crippen LogP contribution is -2.82. The molecule has 2 N–H and O–H groups in total. The zero-order chi connectivity index (χ0) is 27.2. The molecular weight excluding hydrogens is 492 g/mol. The van der Waals surface area contributed by atoms with Gasteiger partial charge in [0, 0.05) is 37.4 Å². The zero-order valence-corrected chi connectivity index (χ0v) is 23.1. The van der Waals surface area contributed by atoms with Crippen molar-refractivity contribution in [3.8, 4) is 17.2 Å². The number of carbonyl (C=O) groups is 1. The Kier molecular flexibility index (Phi) is 5.43. The number of methoxy groups -OCH3 is 1. The predicted octanol–water partition coefficient (Wildman–Crippen LogP) is 3.65. The number of nitrogens with zero attached hydrogens (tertiary/aromatic N) is 2. The summed E-state index contributed by atoms with van der Waals surface area (Å²) in [5, 5.41) is 23.7. The fourth-order valence-corrected chi connectivity index (χ4v) is 8.72. The molecule has 39 heavy (non-hydrogen) atoms. The van der Waals surface area contributed by atoms with Gasteiger partial charge in [0.25, 0.3) is 0 Å². The van der Waals surface area contributed by atoms with E-state index in [0.717, 1.165) is 53.2 Å². The fourth-order valence-electron chi connectivity index (χ4n) is 8.72. The fraction of sp³-hybridized carbons (Fsp3) is 0.531. The van der Waals surface area contributed by atoms with E-state index in [1.54, 1.807) is 24.2 Å². The van der Waals surface area contributed by atoms with Gasteiger partial charge in [0.2, 0.25) is 5.91 Å². The number of rotatable bonds is 6. The Bertz CT molecular complexity index is 1370. The van der Waals surface area contributed by atoms with Gasteiger partial charge in [-0.1, -0.05) is 18.2 Å². The predicted molar refractivity (Wildman–Crippen MR) is 148 cm³/mol. The van der Waals surface area contributed by atoms with Crippen molar-refractivity contribution < 1.29 is 29.0 Å². The molecular formula is C32H39N2O5+. The number of hydrogen-bond donors (Lipinski definition) is 2. The molecule has 3 aliphatic carbocycles. The van der Waals surface area contributed by atoms with Crippen molar-refractivity contribution in [2.75, 3.05) is 34.3 Å². The highest BCUT2D eigenvalue weighted by Gasteiger charge is 2.76. The van der Waals surface area contributed by atoms with Crippen LogP contribution in [0.5, 0.6) is 17.2 Å². The Labute approximate surface area is 230 Å². The molecule has 0 aromatic heterocycles. The van der Waals surface area contributed by atoms with Crippen molar-refractivity contribution >= 4 is 12.0 Å². The number of quaternary nitrogens is 1. The number of amides is 1. The summed E-state index contributed by atoms with van der Waals surface area (Å²) < 4.78 is 12.9. The molecule has 2 saturated carbocycles. The lowest BCUT2D eigenvalue weighted by molar-refractivity contribution is -0.950. The third kappa shape index (κ3) is 3.45. The third-order valence-electron chi connectivity index (χ3n) is 10.8. The maximum atomic E-state index is 13.5. The Hall–Kier alpha value is -3.03. The number of phenols is 1. The van der Waals surface area contributed by atoms with Crippen LogP contribution in [0.1, 0.15) is 48.8 Å². The summed E-state index contributed by atoms with van der Waals surface area (Å²) in [6.45, 7) is 2.09. The first-order chi connectivity index (χ1) is 18.7. The van der Waals surface area contributed by atoms with Crippen LogP contribution in [0.2, 0.25) is 0 Å². The van der Waals surface area contributed by atoms with E-state index in [1.807, 2.05) is 43.5 Å². The molecule has 0 radical (unpaired) electrons. The van der Waals surface area contributed by atoms with E-state index in [0.29, 0.717) is 18.6 Å². The van der Waals surface area contributed by atoms with Gasteiger partial charge < -0.3 is 29.1 Å². The van der Waals surface area contributed by atoms with Crippen LogP contribution in [-0.2, 0) is 16.6 Å². The molecule has 1 unspecified atom stereocenters. The molecule has 5 aliphatic rings. The van der Waals surface area contributed by atoms with Crippen LogP contribution in [0.3, 0.4) is 0 Å². The number of carbonyl (C=O) groups excluding carboxylic acids is 1. The van der Waals surface area contributed by atoms with Crippen LogP contribution >= 0.6 is 0 Å². The van der Waals surface area contributed by atoms with Crippen molar-refractivity contribution in [3.63, 3.8) is 0 Å². The summed E-state index contributed by atoms with van der Waals surface area (Å²) in [7, 11) is 5.81. The molecule has 2 aliphatic heterocycles.